The van der Waals surface area contributed by atoms with Gasteiger partial charge in [-0.1, -0.05) is 30.3 Å². The molecule has 3 N–H and O–H groups in total. The zero-order chi connectivity index (χ0) is 18.0. The maximum atomic E-state index is 9.36. The normalized spacial score (nSPS) is 12.7. The molecule has 0 saturated heterocycles. The van der Waals surface area contributed by atoms with Gasteiger partial charge in [-0.2, -0.15) is 0 Å². The van der Waals surface area contributed by atoms with Crippen molar-refractivity contribution in [3.8, 4) is 11.5 Å². The monoisotopic (exact) mass is 381 g/mol. The van der Waals surface area contributed by atoms with Crippen molar-refractivity contribution in [1.82, 2.24) is 0 Å². The summed E-state index contributed by atoms with van der Waals surface area (Å²) >= 11 is 0. The van der Waals surface area contributed by atoms with Crippen molar-refractivity contribution >= 4 is 12.4 Å². The van der Waals surface area contributed by atoms with Gasteiger partial charge >= 0.3 is 0 Å². The molecule has 0 aliphatic carbocycles. The Morgan fingerprint density at radius 3 is 2.04 bits per heavy atom. The van der Waals surface area contributed by atoms with Crippen LogP contribution in [0.4, 0.5) is 0 Å². The van der Waals surface area contributed by atoms with Gasteiger partial charge in [0.2, 0.25) is 0 Å². The zero-order valence-corrected chi connectivity index (χ0v) is 15.9. The number of hydrogen-bond acceptors (Lipinski definition) is 5. The molecule has 0 spiro atoms. The number of aryl methyl sites for hydroxylation is 1. The first kappa shape index (κ1) is 22.3. The van der Waals surface area contributed by atoms with Crippen LogP contribution in [-0.4, -0.2) is 37.3 Å². The molecule has 0 bridgehead atoms. The van der Waals surface area contributed by atoms with Crippen LogP contribution in [0.3, 0.4) is 0 Å². The van der Waals surface area contributed by atoms with Crippen molar-refractivity contribution in [1.29, 1.82) is 0 Å². The SMILES string of the molecule is CCOC(N)(CO)CCc1ccc(OCCOc2ccccc2)cc1.Cl. The van der Waals surface area contributed by atoms with Crippen LogP contribution in [0, 0.1) is 0 Å². The highest BCUT2D eigenvalue weighted by Gasteiger charge is 2.23. The summed E-state index contributed by atoms with van der Waals surface area (Å²) in [6, 6.07) is 17.5. The van der Waals surface area contributed by atoms with Gasteiger partial charge in [-0.15, -0.1) is 12.4 Å². The molecule has 0 fully saturated rings. The second-order valence-electron chi connectivity index (χ2n) is 5.81. The van der Waals surface area contributed by atoms with Gasteiger partial charge in [0.1, 0.15) is 30.4 Å². The summed E-state index contributed by atoms with van der Waals surface area (Å²) < 4.78 is 16.7. The number of ether oxygens (including phenoxy) is 3. The molecule has 2 rings (SSSR count). The predicted octanol–water partition coefficient (Wildman–Crippen LogP) is 3.18. The Balaban J connectivity index is 0.00000338. The summed E-state index contributed by atoms with van der Waals surface area (Å²) in [5, 5.41) is 9.36. The standard InChI is InChI=1S/C20H27NO4.ClH/c1-2-25-20(21,16-22)13-12-17-8-10-19(11-9-17)24-15-14-23-18-6-4-3-5-7-18;/h3-11,22H,2,12-16,21H2,1H3;1H. The lowest BCUT2D eigenvalue weighted by atomic mass is 10.0. The van der Waals surface area contributed by atoms with Crippen molar-refractivity contribution < 1.29 is 19.3 Å². The number of rotatable bonds is 11. The Bertz CT molecular complexity index is 609. The van der Waals surface area contributed by atoms with Gasteiger partial charge in [-0.05, 0) is 49.6 Å². The number of aliphatic hydroxyl groups excluding tert-OH is 1. The van der Waals surface area contributed by atoms with E-state index in [1.165, 1.54) is 0 Å². The summed E-state index contributed by atoms with van der Waals surface area (Å²) in [4.78, 5) is 0. The summed E-state index contributed by atoms with van der Waals surface area (Å²) in [7, 11) is 0. The molecule has 0 aliphatic rings. The molecule has 0 aromatic heterocycles. The second kappa shape index (κ2) is 11.8. The van der Waals surface area contributed by atoms with Gasteiger partial charge in [0, 0.05) is 6.61 Å². The highest BCUT2D eigenvalue weighted by Crippen LogP contribution is 2.17. The van der Waals surface area contributed by atoms with E-state index < -0.39 is 5.72 Å². The van der Waals surface area contributed by atoms with Crippen molar-refractivity contribution in [3.05, 3.63) is 60.2 Å². The predicted molar refractivity (Wildman–Crippen MR) is 105 cm³/mol. The lowest BCUT2D eigenvalue weighted by Crippen LogP contribution is -2.46. The first-order valence-corrected chi connectivity index (χ1v) is 8.58. The summed E-state index contributed by atoms with van der Waals surface area (Å²) in [5.74, 6) is 1.64. The largest absolute Gasteiger partial charge is 0.490 e. The van der Waals surface area contributed by atoms with Crippen molar-refractivity contribution in [2.24, 2.45) is 5.73 Å². The molecular formula is C20H28ClNO4. The van der Waals surface area contributed by atoms with Crippen LogP contribution in [0.2, 0.25) is 0 Å². The number of para-hydroxylation sites is 1. The quantitative estimate of drug-likeness (QED) is 0.462. The van der Waals surface area contributed by atoms with Crippen LogP contribution in [0.5, 0.6) is 11.5 Å². The fourth-order valence-corrected chi connectivity index (χ4v) is 2.43. The van der Waals surface area contributed by atoms with Crippen LogP contribution >= 0.6 is 12.4 Å². The third kappa shape index (κ3) is 7.62. The molecule has 5 nitrogen and oxygen atoms in total. The fraction of sp³-hybridized carbons (Fsp3) is 0.400. The number of benzene rings is 2. The second-order valence-corrected chi connectivity index (χ2v) is 5.81. The van der Waals surface area contributed by atoms with Crippen molar-refractivity contribution in [2.75, 3.05) is 26.4 Å². The van der Waals surface area contributed by atoms with E-state index in [9.17, 15) is 5.11 Å². The van der Waals surface area contributed by atoms with E-state index in [1.807, 2.05) is 61.5 Å². The average molecular weight is 382 g/mol. The first-order valence-electron chi connectivity index (χ1n) is 8.58. The van der Waals surface area contributed by atoms with Crippen LogP contribution in [0.25, 0.3) is 0 Å². The van der Waals surface area contributed by atoms with E-state index in [4.69, 9.17) is 19.9 Å². The van der Waals surface area contributed by atoms with Gasteiger partial charge in [-0.3, -0.25) is 0 Å². The maximum absolute atomic E-state index is 9.36. The van der Waals surface area contributed by atoms with E-state index in [0.29, 0.717) is 26.2 Å². The number of aliphatic hydroxyl groups is 1. The molecule has 0 saturated carbocycles. The van der Waals surface area contributed by atoms with Crippen LogP contribution in [-0.2, 0) is 11.2 Å². The first-order chi connectivity index (χ1) is 12.1. The number of halogens is 1. The molecular weight excluding hydrogens is 354 g/mol. The molecule has 2 aromatic carbocycles. The van der Waals surface area contributed by atoms with Crippen LogP contribution in [0.1, 0.15) is 18.9 Å². The fourth-order valence-electron chi connectivity index (χ4n) is 2.43. The Kier molecular flexibility index (Phi) is 10.1. The van der Waals surface area contributed by atoms with Crippen LogP contribution < -0.4 is 15.2 Å². The third-order valence-corrected chi connectivity index (χ3v) is 3.82. The van der Waals surface area contributed by atoms with Crippen LogP contribution in [0.15, 0.2) is 54.6 Å². The molecule has 26 heavy (non-hydrogen) atoms. The Labute approximate surface area is 161 Å². The summed E-state index contributed by atoms with van der Waals surface area (Å²) in [5.41, 5.74) is 6.15. The highest BCUT2D eigenvalue weighted by atomic mass is 35.5. The molecule has 1 atom stereocenters. The van der Waals surface area contributed by atoms with E-state index in [0.717, 1.165) is 23.5 Å². The number of nitrogens with two attached hydrogens (primary N) is 1. The molecule has 0 radical (unpaired) electrons. The minimum atomic E-state index is -0.974. The molecule has 0 amide bonds. The number of hydrogen-bond donors (Lipinski definition) is 2. The molecule has 1 unspecified atom stereocenters. The van der Waals surface area contributed by atoms with E-state index in [-0.39, 0.29) is 19.0 Å². The zero-order valence-electron chi connectivity index (χ0n) is 15.1. The molecule has 6 heteroatoms. The summed E-state index contributed by atoms with van der Waals surface area (Å²) in [6.07, 6.45) is 1.29. The third-order valence-electron chi connectivity index (χ3n) is 3.82. The molecule has 144 valence electrons. The maximum Gasteiger partial charge on any atom is 0.140 e. The van der Waals surface area contributed by atoms with Gasteiger partial charge < -0.3 is 25.1 Å². The topological polar surface area (TPSA) is 73.9 Å². The molecule has 0 heterocycles. The van der Waals surface area contributed by atoms with Crippen molar-refractivity contribution in [3.63, 3.8) is 0 Å². The minimum absolute atomic E-state index is 0. The lowest BCUT2D eigenvalue weighted by molar-refractivity contribution is -0.0755. The molecule has 0 aliphatic heterocycles. The molecule has 2 aromatic rings. The van der Waals surface area contributed by atoms with Gasteiger partial charge in [-0.25, -0.2) is 0 Å². The van der Waals surface area contributed by atoms with E-state index in [2.05, 4.69) is 0 Å². The van der Waals surface area contributed by atoms with Gasteiger partial charge in [0.25, 0.3) is 0 Å². The average Bonchev–Trinajstić information content (AvgIpc) is 2.66. The van der Waals surface area contributed by atoms with E-state index >= 15 is 0 Å². The highest BCUT2D eigenvalue weighted by molar-refractivity contribution is 5.85. The van der Waals surface area contributed by atoms with Gasteiger partial charge in [0.05, 0.1) is 6.61 Å². The van der Waals surface area contributed by atoms with Crippen molar-refractivity contribution in [2.45, 2.75) is 25.5 Å². The van der Waals surface area contributed by atoms with E-state index in [1.54, 1.807) is 0 Å². The van der Waals surface area contributed by atoms with Gasteiger partial charge in [0.15, 0.2) is 0 Å². The minimum Gasteiger partial charge on any atom is -0.490 e. The Morgan fingerprint density at radius 2 is 1.50 bits per heavy atom. The Hall–Kier alpha value is -1.79. The Morgan fingerprint density at radius 1 is 0.923 bits per heavy atom. The lowest BCUT2D eigenvalue weighted by Gasteiger charge is -2.27. The summed E-state index contributed by atoms with van der Waals surface area (Å²) in [6.45, 7) is 3.13. The smallest absolute Gasteiger partial charge is 0.140 e.